The van der Waals surface area contributed by atoms with Crippen molar-refractivity contribution in [3.8, 4) is 11.8 Å². The van der Waals surface area contributed by atoms with Crippen LogP contribution in [0.3, 0.4) is 0 Å². The molecule has 0 atom stereocenters. The van der Waals surface area contributed by atoms with Crippen molar-refractivity contribution in [1.29, 1.82) is 0 Å². The second kappa shape index (κ2) is 4.14. The SMILES string of the molecule is Brc1ccc(Oc2nc[c]o2)c(Br)c1. The lowest BCUT2D eigenvalue weighted by Gasteiger charge is -2.03. The molecule has 5 heteroatoms. The number of oxazole rings is 1. The minimum atomic E-state index is 0.174. The van der Waals surface area contributed by atoms with Crippen LogP contribution in [0.4, 0.5) is 0 Å². The van der Waals surface area contributed by atoms with Gasteiger partial charge < -0.3 is 9.15 Å². The molecule has 0 amide bonds. The highest BCUT2D eigenvalue weighted by Crippen LogP contribution is 2.31. The monoisotopic (exact) mass is 316 g/mol. The van der Waals surface area contributed by atoms with Gasteiger partial charge in [0.1, 0.15) is 5.75 Å². The van der Waals surface area contributed by atoms with Crippen molar-refractivity contribution in [2.45, 2.75) is 0 Å². The number of halogens is 2. The smallest absolute Gasteiger partial charge is 0.399 e. The molecule has 0 fully saturated rings. The summed E-state index contributed by atoms with van der Waals surface area (Å²) in [5, 5.41) is 0. The fourth-order valence-corrected chi connectivity index (χ4v) is 2.01. The van der Waals surface area contributed by atoms with Gasteiger partial charge in [-0.05, 0) is 34.1 Å². The molecule has 3 nitrogen and oxygen atoms in total. The van der Waals surface area contributed by atoms with Gasteiger partial charge in [-0.2, -0.15) is 4.98 Å². The molecule has 1 heterocycles. The van der Waals surface area contributed by atoms with Crippen LogP contribution in [0.2, 0.25) is 0 Å². The van der Waals surface area contributed by atoms with Gasteiger partial charge in [-0.15, -0.1) is 0 Å². The van der Waals surface area contributed by atoms with Gasteiger partial charge in [-0.3, -0.25) is 0 Å². The van der Waals surface area contributed by atoms with Crippen molar-refractivity contribution in [3.05, 3.63) is 39.6 Å². The summed E-state index contributed by atoms with van der Waals surface area (Å²) in [6.45, 7) is 0. The Labute approximate surface area is 97.4 Å². The molecule has 1 aromatic heterocycles. The minimum absolute atomic E-state index is 0.174. The van der Waals surface area contributed by atoms with Crippen molar-refractivity contribution < 1.29 is 9.15 Å². The Bertz CT molecular complexity index is 428. The number of ether oxygens (including phenoxy) is 1. The molecule has 1 aromatic carbocycles. The summed E-state index contributed by atoms with van der Waals surface area (Å²) in [6, 6.07) is 5.55. The molecular weight excluding hydrogens is 314 g/mol. The van der Waals surface area contributed by atoms with E-state index in [4.69, 9.17) is 9.15 Å². The number of rotatable bonds is 2. The molecule has 1 radical (unpaired) electrons. The zero-order valence-corrected chi connectivity index (χ0v) is 10.0. The summed E-state index contributed by atoms with van der Waals surface area (Å²) in [4.78, 5) is 3.80. The lowest BCUT2D eigenvalue weighted by atomic mass is 10.3. The third kappa shape index (κ3) is 2.16. The predicted octanol–water partition coefficient (Wildman–Crippen LogP) is 3.79. The molecule has 0 aliphatic rings. The third-order valence-corrected chi connectivity index (χ3v) is 2.57. The normalized spacial score (nSPS) is 10.1. The highest BCUT2D eigenvalue weighted by atomic mass is 79.9. The molecule has 0 unspecified atom stereocenters. The lowest BCUT2D eigenvalue weighted by molar-refractivity contribution is 0.327. The van der Waals surface area contributed by atoms with Gasteiger partial charge in [0, 0.05) is 4.47 Å². The molecule has 71 valence electrons. The van der Waals surface area contributed by atoms with Gasteiger partial charge in [0.15, 0.2) is 6.26 Å². The molecule has 2 aromatic rings. The third-order valence-electron chi connectivity index (χ3n) is 1.46. The van der Waals surface area contributed by atoms with Crippen LogP contribution >= 0.6 is 31.9 Å². The molecule has 0 spiro atoms. The number of nitrogens with zero attached hydrogens (tertiary/aromatic N) is 1. The fourth-order valence-electron chi connectivity index (χ4n) is 0.881. The van der Waals surface area contributed by atoms with E-state index in [2.05, 4.69) is 43.1 Å². The topological polar surface area (TPSA) is 35.3 Å². The van der Waals surface area contributed by atoms with Gasteiger partial charge >= 0.3 is 6.08 Å². The van der Waals surface area contributed by atoms with Crippen molar-refractivity contribution >= 4 is 31.9 Å². The van der Waals surface area contributed by atoms with Crippen LogP contribution in [0.25, 0.3) is 0 Å². The van der Waals surface area contributed by atoms with Gasteiger partial charge in [0.25, 0.3) is 0 Å². The second-order valence-corrected chi connectivity index (χ2v) is 4.19. The number of benzene rings is 1. The van der Waals surface area contributed by atoms with Gasteiger partial charge in [-0.1, -0.05) is 15.9 Å². The Morgan fingerprint density at radius 1 is 1.36 bits per heavy atom. The van der Waals surface area contributed by atoms with Crippen molar-refractivity contribution in [2.24, 2.45) is 0 Å². The second-order valence-electron chi connectivity index (χ2n) is 2.42. The largest absolute Gasteiger partial charge is 0.410 e. The molecule has 0 saturated carbocycles. The van der Waals surface area contributed by atoms with Crippen LogP contribution in [0.15, 0.2) is 37.8 Å². The summed E-state index contributed by atoms with van der Waals surface area (Å²) >= 11 is 6.70. The summed E-state index contributed by atoms with van der Waals surface area (Å²) in [5.74, 6) is 0.643. The van der Waals surface area contributed by atoms with E-state index >= 15 is 0 Å². The van der Waals surface area contributed by atoms with E-state index in [-0.39, 0.29) is 6.08 Å². The van der Waals surface area contributed by atoms with Crippen LogP contribution < -0.4 is 4.74 Å². The van der Waals surface area contributed by atoms with Gasteiger partial charge in [0.2, 0.25) is 0 Å². The first-order valence-corrected chi connectivity index (χ1v) is 5.29. The minimum Gasteiger partial charge on any atom is -0.410 e. The predicted molar refractivity (Wildman–Crippen MR) is 57.3 cm³/mol. The van der Waals surface area contributed by atoms with E-state index in [9.17, 15) is 0 Å². The molecule has 0 bridgehead atoms. The van der Waals surface area contributed by atoms with Crippen LogP contribution in [0.5, 0.6) is 11.8 Å². The average Bonchev–Trinajstić information content (AvgIpc) is 2.62. The lowest BCUT2D eigenvalue weighted by Crippen LogP contribution is -1.84. The maximum absolute atomic E-state index is 5.33. The molecular formula is C9H4Br2NO2. The molecule has 0 N–H and O–H groups in total. The summed E-state index contributed by atoms with van der Waals surface area (Å²) in [7, 11) is 0. The van der Waals surface area contributed by atoms with Crippen molar-refractivity contribution in [3.63, 3.8) is 0 Å². The first kappa shape index (κ1) is 9.73. The number of hydrogen-bond acceptors (Lipinski definition) is 3. The Morgan fingerprint density at radius 3 is 2.86 bits per heavy atom. The van der Waals surface area contributed by atoms with Gasteiger partial charge in [0.05, 0.1) is 10.7 Å². The fraction of sp³-hybridized carbons (Fsp3) is 0. The van der Waals surface area contributed by atoms with E-state index < -0.39 is 0 Å². The van der Waals surface area contributed by atoms with Crippen LogP contribution in [0, 0.1) is 6.26 Å². The average molecular weight is 318 g/mol. The maximum atomic E-state index is 5.33. The quantitative estimate of drug-likeness (QED) is 0.845. The van der Waals surface area contributed by atoms with Crippen molar-refractivity contribution in [1.82, 2.24) is 4.98 Å². The Hall–Kier alpha value is -0.810. The molecule has 0 aliphatic heterocycles. The highest BCUT2D eigenvalue weighted by molar-refractivity contribution is 9.11. The van der Waals surface area contributed by atoms with Crippen LogP contribution in [-0.4, -0.2) is 4.98 Å². The molecule has 0 saturated heterocycles. The van der Waals surface area contributed by atoms with E-state index in [1.165, 1.54) is 6.20 Å². The molecule has 2 rings (SSSR count). The van der Waals surface area contributed by atoms with Crippen LogP contribution in [-0.2, 0) is 0 Å². The van der Waals surface area contributed by atoms with Crippen molar-refractivity contribution in [2.75, 3.05) is 0 Å². The summed E-state index contributed by atoms with van der Waals surface area (Å²) < 4.78 is 12.0. The zero-order chi connectivity index (χ0) is 9.97. The summed E-state index contributed by atoms with van der Waals surface area (Å²) in [5.41, 5.74) is 0. The molecule has 14 heavy (non-hydrogen) atoms. The Morgan fingerprint density at radius 2 is 2.21 bits per heavy atom. The first-order valence-electron chi connectivity index (χ1n) is 3.70. The number of aromatic nitrogens is 1. The first-order chi connectivity index (χ1) is 6.75. The standard InChI is InChI=1S/C9H4Br2NO2/c10-6-1-2-8(7(11)5-6)14-9-12-3-4-13-9/h1-3,5H. The highest BCUT2D eigenvalue weighted by Gasteiger charge is 2.05. The zero-order valence-electron chi connectivity index (χ0n) is 6.83. The van der Waals surface area contributed by atoms with Gasteiger partial charge in [-0.25, -0.2) is 0 Å². The summed E-state index contributed by atoms with van der Waals surface area (Å²) in [6.07, 6.45) is 4.02. The van der Waals surface area contributed by atoms with E-state index in [1.54, 1.807) is 6.07 Å². The maximum Gasteiger partial charge on any atom is 0.399 e. The number of hydrogen-bond donors (Lipinski definition) is 0. The van der Waals surface area contributed by atoms with E-state index in [0.29, 0.717) is 5.75 Å². The molecule has 0 aliphatic carbocycles. The van der Waals surface area contributed by atoms with Crippen LogP contribution in [0.1, 0.15) is 0 Å². The Balaban J connectivity index is 2.25. The Kier molecular flexibility index (Phi) is 2.88. The van der Waals surface area contributed by atoms with E-state index in [0.717, 1.165) is 8.95 Å². The van der Waals surface area contributed by atoms with E-state index in [1.807, 2.05) is 12.1 Å².